The lowest BCUT2D eigenvalue weighted by molar-refractivity contribution is 0.0953. The minimum Gasteiger partial charge on any atom is -0.461 e. The standard InChI is InChI=1S/C17H17N3O4S/c1-10-3-6-13(7-4-10)25(22,23)20-12-5-8-15-14(9-12)16(11(2)24-15)17(21)19-18/h3-9,20H,18H2,1-2H3,(H,19,21). The van der Waals surface area contributed by atoms with Crippen LogP contribution in [-0.4, -0.2) is 14.3 Å². The number of carbonyl (C=O) groups is 1. The van der Waals surface area contributed by atoms with E-state index in [0.29, 0.717) is 22.4 Å². The molecule has 0 bridgehead atoms. The van der Waals surface area contributed by atoms with Crippen LogP contribution in [0, 0.1) is 13.8 Å². The first-order valence-electron chi connectivity index (χ1n) is 7.45. The highest BCUT2D eigenvalue weighted by atomic mass is 32.2. The third-order valence-corrected chi connectivity index (χ3v) is 5.20. The summed E-state index contributed by atoms with van der Waals surface area (Å²) in [5.41, 5.74) is 4.08. The quantitative estimate of drug-likeness (QED) is 0.376. The van der Waals surface area contributed by atoms with E-state index < -0.39 is 15.9 Å². The molecule has 25 heavy (non-hydrogen) atoms. The topological polar surface area (TPSA) is 114 Å². The Labute approximate surface area is 144 Å². The molecule has 0 spiro atoms. The van der Waals surface area contributed by atoms with E-state index in [1.54, 1.807) is 37.3 Å². The maximum Gasteiger partial charge on any atom is 0.269 e. The van der Waals surface area contributed by atoms with Crippen molar-refractivity contribution in [3.63, 3.8) is 0 Å². The summed E-state index contributed by atoms with van der Waals surface area (Å²) < 4.78 is 33.0. The van der Waals surface area contributed by atoms with Crippen LogP contribution in [0.5, 0.6) is 0 Å². The molecule has 1 heterocycles. The zero-order chi connectivity index (χ0) is 18.2. The number of hydrogen-bond donors (Lipinski definition) is 3. The molecule has 0 saturated carbocycles. The SMILES string of the molecule is Cc1ccc(S(=O)(=O)Nc2ccc3oc(C)c(C(=O)NN)c3c2)cc1. The Hall–Kier alpha value is -2.84. The summed E-state index contributed by atoms with van der Waals surface area (Å²) >= 11 is 0. The molecule has 0 atom stereocenters. The monoisotopic (exact) mass is 359 g/mol. The summed E-state index contributed by atoms with van der Waals surface area (Å²) in [6, 6.07) is 11.2. The second kappa shape index (κ2) is 6.23. The zero-order valence-electron chi connectivity index (χ0n) is 13.7. The third kappa shape index (κ3) is 3.21. The van der Waals surface area contributed by atoms with Gasteiger partial charge in [-0.25, -0.2) is 14.3 Å². The number of sulfonamides is 1. The molecule has 4 N–H and O–H groups in total. The molecule has 1 amide bonds. The van der Waals surface area contributed by atoms with Gasteiger partial charge in [-0.1, -0.05) is 17.7 Å². The van der Waals surface area contributed by atoms with Crippen LogP contribution in [0.15, 0.2) is 51.8 Å². The number of hydrazine groups is 1. The van der Waals surface area contributed by atoms with Gasteiger partial charge in [-0.3, -0.25) is 14.9 Å². The summed E-state index contributed by atoms with van der Waals surface area (Å²) in [4.78, 5) is 12.1. The molecule has 130 valence electrons. The normalized spacial score (nSPS) is 11.5. The molecule has 8 heteroatoms. The fraction of sp³-hybridized carbons (Fsp3) is 0.118. The van der Waals surface area contributed by atoms with Gasteiger partial charge in [0.25, 0.3) is 15.9 Å². The van der Waals surface area contributed by atoms with E-state index >= 15 is 0 Å². The number of nitrogens with one attached hydrogen (secondary N) is 2. The predicted octanol–water partition coefficient (Wildman–Crippen LogP) is 2.45. The van der Waals surface area contributed by atoms with Crippen LogP contribution in [0.3, 0.4) is 0 Å². The van der Waals surface area contributed by atoms with E-state index in [-0.39, 0.29) is 10.5 Å². The van der Waals surface area contributed by atoms with Gasteiger partial charge in [0, 0.05) is 11.1 Å². The highest BCUT2D eigenvalue weighted by Crippen LogP contribution is 2.29. The van der Waals surface area contributed by atoms with Gasteiger partial charge in [0.15, 0.2) is 0 Å². The number of hydrogen-bond acceptors (Lipinski definition) is 5. The Kier molecular flexibility index (Phi) is 4.23. The summed E-state index contributed by atoms with van der Waals surface area (Å²) in [5, 5.41) is 0.476. The molecule has 0 aliphatic carbocycles. The second-order valence-corrected chi connectivity index (χ2v) is 7.32. The first kappa shape index (κ1) is 17.0. The van der Waals surface area contributed by atoms with Crippen molar-refractivity contribution in [2.75, 3.05) is 4.72 Å². The van der Waals surface area contributed by atoms with Crippen LogP contribution in [-0.2, 0) is 10.0 Å². The summed E-state index contributed by atoms with van der Waals surface area (Å²) in [7, 11) is -3.74. The van der Waals surface area contributed by atoms with Gasteiger partial charge in [-0.15, -0.1) is 0 Å². The fourth-order valence-electron chi connectivity index (χ4n) is 2.57. The number of anilines is 1. The molecular weight excluding hydrogens is 342 g/mol. The van der Waals surface area contributed by atoms with Crippen LogP contribution in [0.1, 0.15) is 21.7 Å². The van der Waals surface area contributed by atoms with E-state index in [0.717, 1.165) is 5.56 Å². The largest absolute Gasteiger partial charge is 0.461 e. The average Bonchev–Trinajstić information content (AvgIpc) is 2.89. The molecule has 2 aromatic carbocycles. The van der Waals surface area contributed by atoms with Gasteiger partial charge >= 0.3 is 0 Å². The van der Waals surface area contributed by atoms with Gasteiger partial charge in [-0.05, 0) is 44.2 Å². The first-order valence-corrected chi connectivity index (χ1v) is 8.94. The Morgan fingerprint density at radius 2 is 1.76 bits per heavy atom. The lowest BCUT2D eigenvalue weighted by Gasteiger charge is -2.08. The van der Waals surface area contributed by atoms with Crippen molar-refractivity contribution in [2.24, 2.45) is 5.84 Å². The summed E-state index contributed by atoms with van der Waals surface area (Å²) in [6.45, 7) is 3.52. The number of amides is 1. The zero-order valence-corrected chi connectivity index (χ0v) is 14.5. The van der Waals surface area contributed by atoms with E-state index in [2.05, 4.69) is 10.1 Å². The van der Waals surface area contributed by atoms with Crippen LogP contribution < -0.4 is 16.0 Å². The number of furan rings is 1. The van der Waals surface area contributed by atoms with E-state index in [1.165, 1.54) is 12.1 Å². The average molecular weight is 359 g/mol. The fourth-order valence-corrected chi connectivity index (χ4v) is 3.62. The molecule has 0 aliphatic heterocycles. The molecular formula is C17H17N3O4S. The van der Waals surface area contributed by atoms with Crippen molar-refractivity contribution < 1.29 is 17.6 Å². The highest BCUT2D eigenvalue weighted by molar-refractivity contribution is 7.92. The molecule has 0 fully saturated rings. The second-order valence-electron chi connectivity index (χ2n) is 5.64. The number of rotatable bonds is 4. The van der Waals surface area contributed by atoms with Gasteiger partial charge in [0.2, 0.25) is 0 Å². The summed E-state index contributed by atoms with van der Waals surface area (Å²) in [5.74, 6) is 5.09. The van der Waals surface area contributed by atoms with Gasteiger partial charge < -0.3 is 4.42 Å². The first-order chi connectivity index (χ1) is 11.8. The molecule has 0 unspecified atom stereocenters. The van der Waals surface area contributed by atoms with Crippen molar-refractivity contribution in [1.29, 1.82) is 0 Å². The predicted molar refractivity (Wildman–Crippen MR) is 94.6 cm³/mol. The Morgan fingerprint density at radius 1 is 1.08 bits per heavy atom. The number of fused-ring (bicyclic) bond motifs is 1. The maximum atomic E-state index is 12.5. The highest BCUT2D eigenvalue weighted by Gasteiger charge is 2.19. The Morgan fingerprint density at radius 3 is 2.40 bits per heavy atom. The number of nitrogen functional groups attached to an aromatic ring is 1. The molecule has 3 aromatic rings. The van der Waals surface area contributed by atoms with Crippen molar-refractivity contribution in [2.45, 2.75) is 18.7 Å². The van der Waals surface area contributed by atoms with Crippen molar-refractivity contribution in [3.05, 3.63) is 59.4 Å². The minimum atomic E-state index is -3.74. The van der Waals surface area contributed by atoms with E-state index in [4.69, 9.17) is 10.3 Å². The molecule has 0 radical (unpaired) electrons. The number of carbonyl (C=O) groups excluding carboxylic acids is 1. The number of nitrogens with two attached hydrogens (primary N) is 1. The van der Waals surface area contributed by atoms with Gasteiger partial charge in [-0.2, -0.15) is 0 Å². The van der Waals surface area contributed by atoms with Crippen LogP contribution in [0.25, 0.3) is 11.0 Å². The maximum absolute atomic E-state index is 12.5. The van der Waals surface area contributed by atoms with Crippen LogP contribution in [0.2, 0.25) is 0 Å². The molecule has 7 nitrogen and oxygen atoms in total. The smallest absolute Gasteiger partial charge is 0.269 e. The minimum absolute atomic E-state index is 0.154. The Balaban J connectivity index is 2.02. The van der Waals surface area contributed by atoms with Crippen molar-refractivity contribution in [1.82, 2.24) is 5.43 Å². The van der Waals surface area contributed by atoms with E-state index in [9.17, 15) is 13.2 Å². The van der Waals surface area contributed by atoms with Gasteiger partial charge in [0.1, 0.15) is 11.3 Å². The molecule has 0 aliphatic rings. The van der Waals surface area contributed by atoms with E-state index in [1.807, 2.05) is 6.92 Å². The van der Waals surface area contributed by atoms with Gasteiger partial charge in [0.05, 0.1) is 10.5 Å². The van der Waals surface area contributed by atoms with Crippen LogP contribution in [0.4, 0.5) is 5.69 Å². The molecule has 1 aromatic heterocycles. The van der Waals surface area contributed by atoms with Crippen LogP contribution >= 0.6 is 0 Å². The Bertz CT molecular complexity index is 1050. The lowest BCUT2D eigenvalue weighted by Crippen LogP contribution is -2.30. The molecule has 0 saturated heterocycles. The number of aryl methyl sites for hydroxylation is 2. The third-order valence-electron chi connectivity index (χ3n) is 3.81. The number of benzene rings is 2. The lowest BCUT2D eigenvalue weighted by atomic mass is 10.1. The van der Waals surface area contributed by atoms with Crippen molar-refractivity contribution >= 4 is 32.6 Å². The van der Waals surface area contributed by atoms with Crippen molar-refractivity contribution in [3.8, 4) is 0 Å². The summed E-state index contributed by atoms with van der Waals surface area (Å²) in [6.07, 6.45) is 0. The molecule has 3 rings (SSSR count).